The number of aromatic nitrogens is 1. The molecule has 0 unspecified atom stereocenters. The molecule has 0 bridgehead atoms. The van der Waals surface area contributed by atoms with Gasteiger partial charge in [0, 0.05) is 22.0 Å². The Hall–Kier alpha value is -1.09. The molecule has 15 heavy (non-hydrogen) atoms. The lowest BCUT2D eigenvalue weighted by Crippen LogP contribution is -2.21. The Kier molecular flexibility index (Phi) is 2.65. The molecule has 2 nitrogen and oxygen atoms in total. The van der Waals surface area contributed by atoms with Gasteiger partial charge >= 0.3 is 0 Å². The van der Waals surface area contributed by atoms with E-state index in [9.17, 15) is 4.79 Å². The average molecular weight is 266 g/mol. The number of nitrogens with zero attached hydrogens (tertiary/aromatic N) is 1. The zero-order chi connectivity index (χ0) is 11.0. The number of fused-ring (bicyclic) bond motifs is 1. The molecule has 2 aromatic rings. The number of pyridine rings is 1. The second kappa shape index (κ2) is 3.81. The normalized spacial score (nSPS) is 10.9. The van der Waals surface area contributed by atoms with Gasteiger partial charge in [0.05, 0.1) is 5.52 Å². The summed E-state index contributed by atoms with van der Waals surface area (Å²) in [7, 11) is 0. The van der Waals surface area contributed by atoms with E-state index in [4.69, 9.17) is 0 Å². The van der Waals surface area contributed by atoms with Gasteiger partial charge in [-0.05, 0) is 32.0 Å². The summed E-state index contributed by atoms with van der Waals surface area (Å²) in [5.74, 6) is 0. The van der Waals surface area contributed by atoms with Crippen molar-refractivity contribution in [3.63, 3.8) is 0 Å². The molecule has 0 atom stereocenters. The first-order chi connectivity index (χ1) is 7.15. The third-order valence-corrected chi connectivity index (χ3v) is 3.27. The molecule has 3 heteroatoms. The van der Waals surface area contributed by atoms with Gasteiger partial charge in [0.25, 0.3) is 5.56 Å². The van der Waals surface area contributed by atoms with Crippen LogP contribution in [0.4, 0.5) is 0 Å². The van der Waals surface area contributed by atoms with Gasteiger partial charge in [-0.1, -0.05) is 22.0 Å². The molecular formula is C12H12BrNO. The molecule has 0 saturated carbocycles. The quantitative estimate of drug-likeness (QED) is 0.777. The fourth-order valence-corrected chi connectivity index (χ4v) is 2.29. The van der Waals surface area contributed by atoms with Crippen LogP contribution < -0.4 is 5.56 Å². The molecule has 2 rings (SSSR count). The molecule has 0 radical (unpaired) electrons. The van der Waals surface area contributed by atoms with Crippen LogP contribution in [0.1, 0.15) is 12.5 Å². The van der Waals surface area contributed by atoms with E-state index in [0.717, 1.165) is 20.9 Å². The predicted octanol–water partition coefficient (Wildman–Crippen LogP) is 3.09. The van der Waals surface area contributed by atoms with Crippen LogP contribution in [0.2, 0.25) is 0 Å². The summed E-state index contributed by atoms with van der Waals surface area (Å²) in [5, 5.41) is 1.09. The Labute approximate surface area is 96.7 Å². The zero-order valence-electron chi connectivity index (χ0n) is 8.75. The minimum Gasteiger partial charge on any atom is -0.308 e. The van der Waals surface area contributed by atoms with Gasteiger partial charge in [-0.15, -0.1) is 0 Å². The Bertz CT molecular complexity index is 572. The van der Waals surface area contributed by atoms with E-state index in [1.54, 1.807) is 4.57 Å². The molecule has 0 aliphatic carbocycles. The van der Waals surface area contributed by atoms with Gasteiger partial charge < -0.3 is 4.57 Å². The van der Waals surface area contributed by atoms with E-state index in [2.05, 4.69) is 15.9 Å². The molecule has 78 valence electrons. The summed E-state index contributed by atoms with van der Waals surface area (Å²) >= 11 is 3.50. The summed E-state index contributed by atoms with van der Waals surface area (Å²) in [6.45, 7) is 4.54. The van der Waals surface area contributed by atoms with Gasteiger partial charge in [-0.3, -0.25) is 4.79 Å². The molecule has 0 fully saturated rings. The van der Waals surface area contributed by atoms with Crippen LogP contribution in [0.25, 0.3) is 10.9 Å². The molecular weight excluding hydrogens is 254 g/mol. The van der Waals surface area contributed by atoms with Gasteiger partial charge in [-0.25, -0.2) is 0 Å². The highest BCUT2D eigenvalue weighted by Crippen LogP contribution is 2.23. The number of benzene rings is 1. The minimum atomic E-state index is 0.100. The first-order valence-corrected chi connectivity index (χ1v) is 5.73. The number of hydrogen-bond acceptors (Lipinski definition) is 1. The maximum Gasteiger partial charge on any atom is 0.253 e. The van der Waals surface area contributed by atoms with Crippen molar-refractivity contribution in [1.29, 1.82) is 0 Å². The van der Waals surface area contributed by atoms with E-state index in [0.29, 0.717) is 6.54 Å². The van der Waals surface area contributed by atoms with Crippen LogP contribution in [0.3, 0.4) is 0 Å². The van der Waals surface area contributed by atoms with Crippen molar-refractivity contribution in [1.82, 2.24) is 4.57 Å². The summed E-state index contributed by atoms with van der Waals surface area (Å²) in [6.07, 6.45) is 0. The maximum absolute atomic E-state index is 11.9. The highest BCUT2D eigenvalue weighted by molar-refractivity contribution is 9.10. The number of halogens is 1. The zero-order valence-corrected chi connectivity index (χ0v) is 10.3. The summed E-state index contributed by atoms with van der Waals surface area (Å²) in [5.41, 5.74) is 1.88. The number of rotatable bonds is 1. The van der Waals surface area contributed by atoms with E-state index in [-0.39, 0.29) is 5.56 Å². The molecule has 1 aromatic heterocycles. The lowest BCUT2D eigenvalue weighted by Gasteiger charge is -2.10. The van der Waals surface area contributed by atoms with Crippen LogP contribution in [-0.2, 0) is 6.54 Å². The second-order valence-corrected chi connectivity index (χ2v) is 4.40. The van der Waals surface area contributed by atoms with Crippen LogP contribution in [0, 0.1) is 6.92 Å². The van der Waals surface area contributed by atoms with Crippen LogP contribution in [0.5, 0.6) is 0 Å². The van der Waals surface area contributed by atoms with Crippen molar-refractivity contribution < 1.29 is 0 Å². The number of hydrogen-bond donors (Lipinski definition) is 0. The molecule has 1 heterocycles. The van der Waals surface area contributed by atoms with Gasteiger partial charge in [0.15, 0.2) is 0 Å². The number of aryl methyl sites for hydroxylation is 2. The topological polar surface area (TPSA) is 22.0 Å². The highest BCUT2D eigenvalue weighted by Gasteiger charge is 2.06. The lowest BCUT2D eigenvalue weighted by molar-refractivity contribution is 0.753. The van der Waals surface area contributed by atoms with Gasteiger partial charge in [0.1, 0.15) is 0 Å². The van der Waals surface area contributed by atoms with Crippen LogP contribution in [-0.4, -0.2) is 4.57 Å². The smallest absolute Gasteiger partial charge is 0.253 e. The summed E-state index contributed by atoms with van der Waals surface area (Å²) in [6, 6.07) is 7.86. The van der Waals surface area contributed by atoms with E-state index < -0.39 is 0 Å². The fraction of sp³-hybridized carbons (Fsp3) is 0.250. The van der Waals surface area contributed by atoms with Crippen molar-refractivity contribution in [2.75, 3.05) is 0 Å². The molecule has 0 aliphatic rings. The molecule has 0 saturated heterocycles. The predicted molar refractivity (Wildman–Crippen MR) is 66.3 cm³/mol. The van der Waals surface area contributed by atoms with E-state index in [1.165, 1.54) is 0 Å². The van der Waals surface area contributed by atoms with Crippen LogP contribution in [0.15, 0.2) is 33.5 Å². The van der Waals surface area contributed by atoms with E-state index in [1.807, 2.05) is 38.1 Å². The summed E-state index contributed by atoms with van der Waals surface area (Å²) < 4.78 is 2.83. The van der Waals surface area contributed by atoms with Crippen molar-refractivity contribution in [3.8, 4) is 0 Å². The Balaban J connectivity index is 3.01. The molecule has 0 spiro atoms. The van der Waals surface area contributed by atoms with Gasteiger partial charge in [0.2, 0.25) is 0 Å². The molecule has 0 aliphatic heterocycles. The van der Waals surface area contributed by atoms with Crippen molar-refractivity contribution in [2.24, 2.45) is 0 Å². The van der Waals surface area contributed by atoms with E-state index >= 15 is 0 Å². The first-order valence-electron chi connectivity index (χ1n) is 4.94. The van der Waals surface area contributed by atoms with Crippen LogP contribution >= 0.6 is 15.9 Å². The third-order valence-electron chi connectivity index (χ3n) is 2.58. The summed E-state index contributed by atoms with van der Waals surface area (Å²) in [4.78, 5) is 11.9. The minimum absolute atomic E-state index is 0.100. The fourth-order valence-electron chi connectivity index (χ4n) is 1.82. The largest absolute Gasteiger partial charge is 0.308 e. The van der Waals surface area contributed by atoms with Crippen molar-refractivity contribution in [2.45, 2.75) is 20.4 Å². The third kappa shape index (κ3) is 1.61. The maximum atomic E-state index is 11.9. The second-order valence-electron chi connectivity index (χ2n) is 3.55. The first kappa shape index (κ1) is 10.4. The molecule has 0 amide bonds. The van der Waals surface area contributed by atoms with Gasteiger partial charge in [-0.2, -0.15) is 0 Å². The standard InChI is InChI=1S/C12H12BrNO/c1-3-14-11-6-4-5-10(13)9(11)7-8(2)12(14)15/h4-7H,3H2,1-2H3. The van der Waals surface area contributed by atoms with Crippen molar-refractivity contribution in [3.05, 3.63) is 44.7 Å². The Morgan fingerprint density at radius 2 is 2.13 bits per heavy atom. The monoisotopic (exact) mass is 265 g/mol. The Morgan fingerprint density at radius 1 is 1.40 bits per heavy atom. The molecule has 1 aromatic carbocycles. The van der Waals surface area contributed by atoms with Crippen molar-refractivity contribution >= 4 is 26.8 Å². The Morgan fingerprint density at radius 3 is 2.80 bits per heavy atom. The SMILES string of the molecule is CCn1c(=O)c(C)cc2c(Br)cccc21. The average Bonchev–Trinajstić information content (AvgIpc) is 2.22. The lowest BCUT2D eigenvalue weighted by atomic mass is 10.1. The highest BCUT2D eigenvalue weighted by atomic mass is 79.9. The molecule has 0 N–H and O–H groups in total.